The van der Waals surface area contributed by atoms with E-state index in [9.17, 15) is 20.0 Å². The van der Waals surface area contributed by atoms with Gasteiger partial charge in [0.2, 0.25) is 0 Å². The second-order valence-electron chi connectivity index (χ2n) is 2.64. The number of rotatable bonds is 3. The summed E-state index contributed by atoms with van der Waals surface area (Å²) in [5, 5.41) is 19.6. The minimum Gasteiger partial charge on any atom is -0.506 e. The number of non-ortho nitro benzene ring substituents is 1. The fourth-order valence-corrected chi connectivity index (χ4v) is 1.33. The number of carbonyl (C=O) groups is 1. The molecular formula is C8H5Cl2NO4. The average Bonchev–Trinajstić information content (AvgIpc) is 2.20. The molecule has 0 saturated carbocycles. The van der Waals surface area contributed by atoms with Gasteiger partial charge in [-0.3, -0.25) is 14.9 Å². The van der Waals surface area contributed by atoms with Crippen LogP contribution in [0, 0.1) is 10.1 Å². The zero-order valence-electron chi connectivity index (χ0n) is 7.24. The molecule has 0 aromatic heterocycles. The number of alkyl halides is 1. The molecule has 0 aliphatic heterocycles. The van der Waals surface area contributed by atoms with Crippen LogP contribution in [0.25, 0.3) is 0 Å². The molecule has 0 bridgehead atoms. The van der Waals surface area contributed by atoms with Crippen LogP contribution in [0.2, 0.25) is 5.02 Å². The lowest BCUT2D eigenvalue weighted by atomic mass is 10.1. The van der Waals surface area contributed by atoms with E-state index in [0.29, 0.717) is 0 Å². The maximum absolute atomic E-state index is 11.2. The number of ketones is 1. The van der Waals surface area contributed by atoms with Gasteiger partial charge in [0.15, 0.2) is 5.78 Å². The fraction of sp³-hybridized carbons (Fsp3) is 0.125. The van der Waals surface area contributed by atoms with Crippen molar-refractivity contribution in [3.8, 4) is 5.75 Å². The summed E-state index contributed by atoms with van der Waals surface area (Å²) < 4.78 is 0. The SMILES string of the molecule is O=C(CCl)c1cc([N+](=O)[O-])cc(Cl)c1O. The first-order valence-corrected chi connectivity index (χ1v) is 4.64. The van der Waals surface area contributed by atoms with Crippen LogP contribution in [-0.2, 0) is 0 Å². The molecule has 80 valence electrons. The summed E-state index contributed by atoms with van der Waals surface area (Å²) in [5.74, 6) is -1.50. The van der Waals surface area contributed by atoms with Gasteiger partial charge < -0.3 is 5.11 Å². The van der Waals surface area contributed by atoms with Crippen molar-refractivity contribution in [3.63, 3.8) is 0 Å². The number of aromatic hydroxyl groups is 1. The first-order chi connectivity index (χ1) is 6.97. The van der Waals surface area contributed by atoms with Crippen molar-refractivity contribution in [1.29, 1.82) is 0 Å². The number of halogens is 2. The molecule has 1 aromatic rings. The van der Waals surface area contributed by atoms with Crippen LogP contribution in [-0.4, -0.2) is 21.7 Å². The standard InChI is InChI=1S/C8H5Cl2NO4/c9-3-7(12)5-1-4(11(14)15)2-6(10)8(5)13/h1-2,13H,3H2. The monoisotopic (exact) mass is 249 g/mol. The second kappa shape index (κ2) is 4.46. The highest BCUT2D eigenvalue weighted by molar-refractivity contribution is 6.34. The van der Waals surface area contributed by atoms with Crippen molar-refractivity contribution in [2.45, 2.75) is 0 Å². The number of nitro benzene ring substituents is 1. The van der Waals surface area contributed by atoms with Crippen molar-refractivity contribution in [3.05, 3.63) is 32.8 Å². The number of phenolic OH excluding ortho intramolecular Hbond substituents is 1. The Hall–Kier alpha value is -1.33. The van der Waals surface area contributed by atoms with E-state index in [1.165, 1.54) is 0 Å². The minimum atomic E-state index is -0.712. The van der Waals surface area contributed by atoms with E-state index >= 15 is 0 Å². The Morgan fingerprint density at radius 3 is 2.60 bits per heavy atom. The van der Waals surface area contributed by atoms with Crippen LogP contribution in [0.1, 0.15) is 10.4 Å². The Bertz CT molecular complexity index is 433. The summed E-state index contributed by atoms with van der Waals surface area (Å²) in [6.45, 7) is 0. The molecule has 5 nitrogen and oxygen atoms in total. The maximum Gasteiger partial charge on any atom is 0.271 e. The molecule has 7 heteroatoms. The lowest BCUT2D eigenvalue weighted by Gasteiger charge is -2.03. The number of nitro groups is 1. The van der Waals surface area contributed by atoms with Crippen LogP contribution >= 0.6 is 23.2 Å². The van der Waals surface area contributed by atoms with Crippen LogP contribution in [0.5, 0.6) is 5.75 Å². The topological polar surface area (TPSA) is 80.4 Å². The van der Waals surface area contributed by atoms with Crippen LogP contribution in [0.3, 0.4) is 0 Å². The molecule has 0 aliphatic carbocycles. The highest BCUT2D eigenvalue weighted by Crippen LogP contribution is 2.32. The van der Waals surface area contributed by atoms with Gasteiger partial charge in [0, 0.05) is 12.1 Å². The number of Topliss-reactive ketones (excluding diaryl/α,β-unsaturated/α-hetero) is 1. The number of phenols is 1. The smallest absolute Gasteiger partial charge is 0.271 e. The van der Waals surface area contributed by atoms with E-state index < -0.39 is 16.5 Å². The van der Waals surface area contributed by atoms with Gasteiger partial charge >= 0.3 is 0 Å². The Morgan fingerprint density at radius 2 is 2.13 bits per heavy atom. The highest BCUT2D eigenvalue weighted by Gasteiger charge is 2.19. The Labute approximate surface area is 94.4 Å². The predicted octanol–water partition coefficient (Wildman–Crippen LogP) is 2.38. The van der Waals surface area contributed by atoms with Crippen molar-refractivity contribution >= 4 is 34.7 Å². The molecule has 0 aliphatic rings. The summed E-state index contributed by atoms with van der Waals surface area (Å²) in [7, 11) is 0. The molecule has 0 heterocycles. The molecule has 1 rings (SSSR count). The Kier molecular flexibility index (Phi) is 3.49. The predicted molar refractivity (Wildman–Crippen MR) is 54.8 cm³/mol. The van der Waals surface area contributed by atoms with E-state index in [4.69, 9.17) is 23.2 Å². The van der Waals surface area contributed by atoms with Gasteiger partial charge in [0.25, 0.3) is 5.69 Å². The van der Waals surface area contributed by atoms with E-state index in [0.717, 1.165) is 12.1 Å². The number of carbonyl (C=O) groups excluding carboxylic acids is 1. The van der Waals surface area contributed by atoms with Crippen LogP contribution < -0.4 is 0 Å². The third-order valence-corrected chi connectivity index (χ3v) is 2.21. The Morgan fingerprint density at radius 1 is 1.53 bits per heavy atom. The molecule has 0 fully saturated rings. The number of nitrogens with zero attached hydrogens (tertiary/aromatic N) is 1. The maximum atomic E-state index is 11.2. The molecule has 0 atom stereocenters. The molecule has 15 heavy (non-hydrogen) atoms. The van der Waals surface area contributed by atoms with Crippen molar-refractivity contribution in [2.75, 3.05) is 5.88 Å². The van der Waals surface area contributed by atoms with E-state index in [-0.39, 0.29) is 22.2 Å². The van der Waals surface area contributed by atoms with E-state index in [1.54, 1.807) is 0 Å². The average molecular weight is 250 g/mol. The third kappa shape index (κ3) is 2.37. The zero-order valence-corrected chi connectivity index (χ0v) is 8.75. The van der Waals surface area contributed by atoms with Gasteiger partial charge in [-0.15, -0.1) is 11.6 Å². The molecule has 0 saturated heterocycles. The summed E-state index contributed by atoms with van der Waals surface area (Å²) in [6.07, 6.45) is 0. The third-order valence-electron chi connectivity index (χ3n) is 1.68. The summed E-state index contributed by atoms with van der Waals surface area (Å²) in [5.41, 5.74) is -0.615. The molecule has 0 spiro atoms. The summed E-state index contributed by atoms with van der Waals surface area (Å²) >= 11 is 10.8. The number of benzene rings is 1. The Balaban J connectivity index is 3.37. The van der Waals surface area contributed by atoms with Gasteiger partial charge in [-0.05, 0) is 0 Å². The first-order valence-electron chi connectivity index (χ1n) is 3.73. The summed E-state index contributed by atoms with van der Waals surface area (Å²) in [4.78, 5) is 20.9. The van der Waals surface area contributed by atoms with Crippen LogP contribution in [0.15, 0.2) is 12.1 Å². The highest BCUT2D eigenvalue weighted by atomic mass is 35.5. The minimum absolute atomic E-state index is 0.246. The van der Waals surface area contributed by atoms with Crippen LogP contribution in [0.4, 0.5) is 5.69 Å². The van der Waals surface area contributed by atoms with E-state index in [2.05, 4.69) is 0 Å². The zero-order chi connectivity index (χ0) is 11.6. The first kappa shape index (κ1) is 11.7. The summed E-state index contributed by atoms with van der Waals surface area (Å²) in [6, 6.07) is 1.90. The van der Waals surface area contributed by atoms with Gasteiger partial charge in [0.05, 0.1) is 21.4 Å². The second-order valence-corrected chi connectivity index (χ2v) is 3.31. The quantitative estimate of drug-likeness (QED) is 0.386. The molecule has 1 aromatic carbocycles. The van der Waals surface area contributed by atoms with Crippen molar-refractivity contribution in [2.24, 2.45) is 0 Å². The molecule has 0 radical (unpaired) electrons. The molecule has 1 N–H and O–H groups in total. The van der Waals surface area contributed by atoms with Gasteiger partial charge in [-0.1, -0.05) is 11.6 Å². The van der Waals surface area contributed by atoms with Gasteiger partial charge in [-0.25, -0.2) is 0 Å². The molecule has 0 amide bonds. The van der Waals surface area contributed by atoms with E-state index in [1.807, 2.05) is 0 Å². The number of hydrogen-bond donors (Lipinski definition) is 1. The largest absolute Gasteiger partial charge is 0.506 e. The fourth-order valence-electron chi connectivity index (χ4n) is 0.975. The molecular weight excluding hydrogens is 245 g/mol. The lowest BCUT2D eigenvalue weighted by molar-refractivity contribution is -0.384. The number of hydrogen-bond acceptors (Lipinski definition) is 4. The van der Waals surface area contributed by atoms with Crippen molar-refractivity contribution in [1.82, 2.24) is 0 Å². The normalized spacial score (nSPS) is 10.0. The lowest BCUT2D eigenvalue weighted by Crippen LogP contribution is -2.02. The van der Waals surface area contributed by atoms with Gasteiger partial charge in [0.1, 0.15) is 5.75 Å². The van der Waals surface area contributed by atoms with Gasteiger partial charge in [-0.2, -0.15) is 0 Å². The molecule has 0 unspecified atom stereocenters. The van der Waals surface area contributed by atoms with Crippen molar-refractivity contribution < 1.29 is 14.8 Å².